The molecule has 0 atom stereocenters. The maximum Gasteiger partial charge on any atom is 0.270 e. The molecule has 0 unspecified atom stereocenters. The summed E-state index contributed by atoms with van der Waals surface area (Å²) in [6, 6.07) is 19.5. The van der Waals surface area contributed by atoms with Crippen molar-refractivity contribution in [2.24, 2.45) is 0 Å². The van der Waals surface area contributed by atoms with Crippen LogP contribution in [0.3, 0.4) is 0 Å². The normalized spacial score (nSPS) is 10.8. The molecule has 0 fully saturated rings. The van der Waals surface area contributed by atoms with Gasteiger partial charge < -0.3 is 5.73 Å². The summed E-state index contributed by atoms with van der Waals surface area (Å²) >= 11 is 0. The lowest BCUT2D eigenvalue weighted by atomic mass is 10.1. The molecule has 0 radical (unpaired) electrons. The highest BCUT2D eigenvalue weighted by molar-refractivity contribution is 5.91. The fourth-order valence-electron chi connectivity index (χ4n) is 2.77. The number of anilines is 1. The molecule has 0 spiro atoms. The Morgan fingerprint density at radius 1 is 0.846 bits per heavy atom. The first-order valence-electron chi connectivity index (χ1n) is 7.86. The molecule has 0 amide bonds. The Kier molecular flexibility index (Phi) is 3.74. The zero-order chi connectivity index (χ0) is 18.1. The maximum absolute atomic E-state index is 11.0. The topological polar surface area (TPSA) is 108 Å². The lowest BCUT2D eigenvalue weighted by Gasteiger charge is -2.08. The van der Waals surface area contributed by atoms with E-state index in [9.17, 15) is 10.1 Å². The summed E-state index contributed by atoms with van der Waals surface area (Å²) in [5.41, 5.74) is 9.81. The van der Waals surface area contributed by atoms with Crippen LogP contribution in [0.1, 0.15) is 0 Å². The predicted molar refractivity (Wildman–Crippen MR) is 99.3 cm³/mol. The van der Waals surface area contributed by atoms with Crippen molar-refractivity contribution in [3.05, 3.63) is 76.8 Å². The molecule has 0 aliphatic heterocycles. The van der Waals surface area contributed by atoms with Crippen LogP contribution in [-0.4, -0.2) is 19.9 Å². The van der Waals surface area contributed by atoms with Crippen LogP contribution in [-0.2, 0) is 0 Å². The average Bonchev–Trinajstić information content (AvgIpc) is 2.67. The molecule has 0 aliphatic carbocycles. The number of non-ortho nitro benzene ring substituents is 1. The van der Waals surface area contributed by atoms with Crippen molar-refractivity contribution in [1.82, 2.24) is 15.0 Å². The van der Waals surface area contributed by atoms with Gasteiger partial charge >= 0.3 is 0 Å². The minimum atomic E-state index is -0.427. The van der Waals surface area contributed by atoms with Crippen molar-refractivity contribution >= 4 is 22.7 Å². The molecule has 126 valence electrons. The molecule has 2 heterocycles. The molecular weight excluding hydrogens is 330 g/mol. The van der Waals surface area contributed by atoms with Crippen molar-refractivity contribution in [2.75, 3.05) is 5.73 Å². The first-order valence-corrected chi connectivity index (χ1v) is 7.86. The van der Waals surface area contributed by atoms with Gasteiger partial charge in [-0.05, 0) is 12.1 Å². The predicted octanol–water partition coefficient (Wildman–Crippen LogP) is 3.85. The van der Waals surface area contributed by atoms with Gasteiger partial charge in [0.15, 0.2) is 0 Å². The number of hydrogen-bond acceptors (Lipinski definition) is 6. The summed E-state index contributed by atoms with van der Waals surface area (Å²) in [7, 11) is 0. The average molecular weight is 343 g/mol. The van der Waals surface area contributed by atoms with Gasteiger partial charge in [-0.3, -0.25) is 10.1 Å². The van der Waals surface area contributed by atoms with E-state index in [-0.39, 0.29) is 11.6 Å². The molecule has 7 nitrogen and oxygen atoms in total. The Labute approximate surface area is 148 Å². The van der Waals surface area contributed by atoms with Crippen LogP contribution in [0.2, 0.25) is 0 Å². The zero-order valence-electron chi connectivity index (χ0n) is 13.5. The van der Waals surface area contributed by atoms with E-state index in [0.717, 1.165) is 5.56 Å². The third-order valence-corrected chi connectivity index (χ3v) is 3.96. The number of nitrogen functional groups attached to an aromatic ring is 1. The highest BCUT2D eigenvalue weighted by Crippen LogP contribution is 2.29. The van der Waals surface area contributed by atoms with Crippen molar-refractivity contribution in [3.63, 3.8) is 0 Å². The van der Waals surface area contributed by atoms with Crippen LogP contribution >= 0.6 is 0 Å². The number of hydrogen-bond donors (Lipinski definition) is 1. The smallest absolute Gasteiger partial charge is 0.270 e. The van der Waals surface area contributed by atoms with E-state index >= 15 is 0 Å². The second-order valence-corrected chi connectivity index (χ2v) is 5.67. The number of nitro groups is 1. The van der Waals surface area contributed by atoms with Gasteiger partial charge in [-0.2, -0.15) is 0 Å². The fraction of sp³-hybridized carbons (Fsp3) is 0. The van der Waals surface area contributed by atoms with E-state index in [2.05, 4.69) is 15.0 Å². The van der Waals surface area contributed by atoms with Gasteiger partial charge in [-0.1, -0.05) is 42.5 Å². The highest BCUT2D eigenvalue weighted by atomic mass is 16.6. The van der Waals surface area contributed by atoms with Crippen molar-refractivity contribution in [3.8, 4) is 22.5 Å². The van der Waals surface area contributed by atoms with Gasteiger partial charge in [0.25, 0.3) is 5.69 Å². The summed E-state index contributed by atoms with van der Waals surface area (Å²) in [5, 5.41) is 11.0. The Hall–Kier alpha value is -3.87. The van der Waals surface area contributed by atoms with Crippen LogP contribution in [0.25, 0.3) is 33.5 Å². The molecule has 4 aromatic rings. The Bertz CT molecular complexity index is 1130. The second kappa shape index (κ2) is 6.21. The number of nitrogens with zero attached hydrogens (tertiary/aromatic N) is 4. The molecular formula is C19H13N5O2. The standard InChI is InChI=1S/C19H13N5O2/c20-19-22-16-10-9-15(13-7-4-8-14(11-13)24(25)26)21-18(16)17(23-19)12-5-2-1-3-6-12/h1-11H,(H2,20,22,23). The number of benzene rings is 2. The minimum Gasteiger partial charge on any atom is -0.368 e. The van der Waals surface area contributed by atoms with E-state index in [1.807, 2.05) is 30.3 Å². The second-order valence-electron chi connectivity index (χ2n) is 5.67. The fourth-order valence-corrected chi connectivity index (χ4v) is 2.77. The Morgan fingerprint density at radius 2 is 1.62 bits per heavy atom. The number of rotatable bonds is 3. The Morgan fingerprint density at radius 3 is 2.38 bits per heavy atom. The van der Waals surface area contributed by atoms with E-state index in [1.165, 1.54) is 12.1 Å². The zero-order valence-corrected chi connectivity index (χ0v) is 13.5. The lowest BCUT2D eigenvalue weighted by Crippen LogP contribution is -2.00. The van der Waals surface area contributed by atoms with Crippen LogP contribution in [0.4, 0.5) is 11.6 Å². The van der Waals surface area contributed by atoms with Gasteiger partial charge in [0.1, 0.15) is 11.2 Å². The van der Waals surface area contributed by atoms with Crippen molar-refractivity contribution in [1.29, 1.82) is 0 Å². The van der Waals surface area contributed by atoms with Crippen LogP contribution in [0.15, 0.2) is 66.7 Å². The van der Waals surface area contributed by atoms with Gasteiger partial charge in [-0.15, -0.1) is 0 Å². The number of pyridine rings is 1. The summed E-state index contributed by atoms with van der Waals surface area (Å²) in [4.78, 5) is 23.8. The van der Waals surface area contributed by atoms with Gasteiger partial charge in [-0.25, -0.2) is 15.0 Å². The summed E-state index contributed by atoms with van der Waals surface area (Å²) < 4.78 is 0. The van der Waals surface area contributed by atoms with E-state index in [0.29, 0.717) is 28.0 Å². The molecule has 0 bridgehead atoms. The first-order chi connectivity index (χ1) is 12.6. The third kappa shape index (κ3) is 2.82. The molecule has 7 heteroatoms. The molecule has 2 N–H and O–H groups in total. The summed E-state index contributed by atoms with van der Waals surface area (Å²) in [5.74, 6) is 0.168. The maximum atomic E-state index is 11.0. The van der Waals surface area contributed by atoms with Crippen molar-refractivity contribution < 1.29 is 4.92 Å². The van der Waals surface area contributed by atoms with E-state index < -0.39 is 4.92 Å². The molecule has 2 aromatic carbocycles. The molecule has 26 heavy (non-hydrogen) atoms. The largest absolute Gasteiger partial charge is 0.368 e. The number of fused-ring (bicyclic) bond motifs is 1. The molecule has 4 rings (SSSR count). The molecule has 0 saturated heterocycles. The van der Waals surface area contributed by atoms with Crippen LogP contribution in [0.5, 0.6) is 0 Å². The number of nitrogens with two attached hydrogens (primary N) is 1. The SMILES string of the molecule is Nc1nc(-c2ccccc2)c2nc(-c3cccc([N+](=O)[O-])c3)ccc2n1. The van der Waals surface area contributed by atoms with Gasteiger partial charge in [0.2, 0.25) is 5.95 Å². The van der Waals surface area contributed by atoms with Gasteiger partial charge in [0.05, 0.1) is 16.1 Å². The summed E-state index contributed by atoms with van der Waals surface area (Å²) in [6.45, 7) is 0. The monoisotopic (exact) mass is 343 g/mol. The summed E-state index contributed by atoms with van der Waals surface area (Å²) in [6.07, 6.45) is 0. The first kappa shape index (κ1) is 15.6. The Balaban J connectivity index is 1.93. The number of nitro benzene ring substituents is 1. The minimum absolute atomic E-state index is 0.0150. The quantitative estimate of drug-likeness (QED) is 0.447. The highest BCUT2D eigenvalue weighted by Gasteiger charge is 2.13. The van der Waals surface area contributed by atoms with Gasteiger partial charge in [0, 0.05) is 23.3 Å². The van der Waals surface area contributed by atoms with E-state index in [1.54, 1.807) is 24.3 Å². The van der Waals surface area contributed by atoms with E-state index in [4.69, 9.17) is 5.73 Å². The van der Waals surface area contributed by atoms with Crippen molar-refractivity contribution in [2.45, 2.75) is 0 Å². The molecule has 0 aliphatic rings. The third-order valence-electron chi connectivity index (χ3n) is 3.96. The van der Waals surface area contributed by atoms with Crippen LogP contribution < -0.4 is 5.73 Å². The molecule has 0 saturated carbocycles. The van der Waals surface area contributed by atoms with Crippen LogP contribution in [0, 0.1) is 10.1 Å². The lowest BCUT2D eigenvalue weighted by molar-refractivity contribution is -0.384. The molecule has 2 aromatic heterocycles. The number of aromatic nitrogens is 3.